The van der Waals surface area contributed by atoms with Gasteiger partial charge in [0.05, 0.1) is 24.1 Å². The predicted octanol–water partition coefficient (Wildman–Crippen LogP) is 4.17. The average Bonchev–Trinajstić information content (AvgIpc) is 3.09. The van der Waals surface area contributed by atoms with Crippen LogP contribution in [-0.4, -0.2) is 19.1 Å². The second-order valence-corrected chi connectivity index (χ2v) is 5.37. The Morgan fingerprint density at radius 2 is 1.88 bits per heavy atom. The minimum Gasteiger partial charge on any atom is -0.329 e. The maximum absolute atomic E-state index is 13.0. The molecule has 0 fully saturated rings. The van der Waals surface area contributed by atoms with Gasteiger partial charge < -0.3 is 9.13 Å². The van der Waals surface area contributed by atoms with Crippen molar-refractivity contribution in [2.24, 2.45) is 0 Å². The van der Waals surface area contributed by atoms with Crippen molar-refractivity contribution in [3.8, 4) is 5.69 Å². The monoisotopic (exact) mass is 356 g/mol. The minimum atomic E-state index is -4.36. The normalized spacial score (nSPS) is 11.4. The van der Waals surface area contributed by atoms with Crippen molar-refractivity contribution in [2.45, 2.75) is 26.6 Å². The first-order valence-corrected chi connectivity index (χ1v) is 7.03. The van der Waals surface area contributed by atoms with Gasteiger partial charge in [-0.25, -0.2) is 9.97 Å². The fraction of sp³-hybridized carbons (Fsp3) is 0.250. The van der Waals surface area contributed by atoms with Crippen molar-refractivity contribution >= 4 is 12.4 Å². The Morgan fingerprint density at radius 3 is 2.50 bits per heavy atom. The molecule has 1 aromatic carbocycles. The molecule has 0 amide bonds. The first-order valence-electron chi connectivity index (χ1n) is 7.03. The van der Waals surface area contributed by atoms with Gasteiger partial charge in [-0.05, 0) is 31.5 Å². The second kappa shape index (κ2) is 6.68. The molecule has 0 atom stereocenters. The van der Waals surface area contributed by atoms with Gasteiger partial charge in [-0.1, -0.05) is 6.07 Å². The van der Waals surface area contributed by atoms with E-state index in [1.54, 1.807) is 23.0 Å². The Kier molecular flexibility index (Phi) is 5.03. The SMILES string of the molecule is Cc1ccc(-n2cnc(Cn3ccnc3C)c2)cc1C(F)(F)F.Cl. The van der Waals surface area contributed by atoms with Gasteiger partial charge in [-0.3, -0.25) is 0 Å². The number of rotatable bonds is 3. The van der Waals surface area contributed by atoms with E-state index in [0.29, 0.717) is 12.2 Å². The maximum Gasteiger partial charge on any atom is 0.416 e. The lowest BCUT2D eigenvalue weighted by molar-refractivity contribution is -0.138. The molecule has 0 saturated heterocycles. The van der Waals surface area contributed by atoms with Gasteiger partial charge in [0.1, 0.15) is 5.82 Å². The first kappa shape index (κ1) is 18.1. The molecule has 0 aliphatic heterocycles. The lowest BCUT2D eigenvalue weighted by Crippen LogP contribution is -2.08. The quantitative estimate of drug-likeness (QED) is 0.706. The largest absolute Gasteiger partial charge is 0.416 e. The molecule has 0 spiro atoms. The number of alkyl halides is 3. The lowest BCUT2D eigenvalue weighted by atomic mass is 10.1. The molecular weight excluding hydrogens is 341 g/mol. The first-order chi connectivity index (χ1) is 10.8. The highest BCUT2D eigenvalue weighted by Crippen LogP contribution is 2.33. The lowest BCUT2D eigenvalue weighted by Gasteiger charge is -2.12. The van der Waals surface area contributed by atoms with E-state index in [1.807, 2.05) is 17.7 Å². The van der Waals surface area contributed by atoms with Crippen molar-refractivity contribution < 1.29 is 13.2 Å². The van der Waals surface area contributed by atoms with Crippen molar-refractivity contribution in [1.29, 1.82) is 0 Å². The summed E-state index contributed by atoms with van der Waals surface area (Å²) < 4.78 is 42.5. The van der Waals surface area contributed by atoms with Gasteiger partial charge in [-0.2, -0.15) is 13.2 Å². The van der Waals surface area contributed by atoms with Crippen molar-refractivity contribution in [3.05, 3.63) is 65.8 Å². The van der Waals surface area contributed by atoms with E-state index in [0.717, 1.165) is 17.6 Å². The van der Waals surface area contributed by atoms with Crippen LogP contribution in [0.1, 0.15) is 22.6 Å². The molecule has 0 saturated carbocycles. The average molecular weight is 357 g/mol. The Balaban J connectivity index is 0.00000208. The summed E-state index contributed by atoms with van der Waals surface area (Å²) >= 11 is 0. The van der Waals surface area contributed by atoms with E-state index < -0.39 is 11.7 Å². The van der Waals surface area contributed by atoms with E-state index in [4.69, 9.17) is 0 Å². The second-order valence-electron chi connectivity index (χ2n) is 5.37. The Labute approximate surface area is 143 Å². The van der Waals surface area contributed by atoms with Crippen LogP contribution in [0.25, 0.3) is 5.69 Å². The summed E-state index contributed by atoms with van der Waals surface area (Å²) in [4.78, 5) is 8.39. The molecule has 0 radical (unpaired) electrons. The van der Waals surface area contributed by atoms with Gasteiger partial charge in [0.15, 0.2) is 0 Å². The summed E-state index contributed by atoms with van der Waals surface area (Å²) in [5, 5.41) is 0. The summed E-state index contributed by atoms with van der Waals surface area (Å²) in [6.07, 6.45) is 2.41. The third-order valence-electron chi connectivity index (χ3n) is 3.72. The summed E-state index contributed by atoms with van der Waals surface area (Å²) in [5.74, 6) is 0.856. The zero-order valence-corrected chi connectivity index (χ0v) is 13.9. The Hall–Kier alpha value is -2.28. The zero-order chi connectivity index (χ0) is 16.6. The van der Waals surface area contributed by atoms with E-state index in [1.165, 1.54) is 19.3 Å². The topological polar surface area (TPSA) is 35.6 Å². The van der Waals surface area contributed by atoms with Crippen LogP contribution >= 0.6 is 12.4 Å². The molecule has 0 bridgehead atoms. The van der Waals surface area contributed by atoms with Crippen molar-refractivity contribution in [1.82, 2.24) is 19.1 Å². The highest BCUT2D eigenvalue weighted by Gasteiger charge is 2.32. The molecule has 2 heterocycles. The number of aromatic nitrogens is 4. The fourth-order valence-corrected chi connectivity index (χ4v) is 2.41. The number of hydrogen-bond acceptors (Lipinski definition) is 2. The van der Waals surface area contributed by atoms with E-state index in [-0.39, 0.29) is 18.0 Å². The van der Waals surface area contributed by atoms with Crippen LogP contribution in [0.4, 0.5) is 13.2 Å². The van der Waals surface area contributed by atoms with E-state index in [9.17, 15) is 13.2 Å². The number of aryl methyl sites for hydroxylation is 2. The van der Waals surface area contributed by atoms with E-state index in [2.05, 4.69) is 9.97 Å². The molecule has 24 heavy (non-hydrogen) atoms. The summed E-state index contributed by atoms with van der Waals surface area (Å²) in [7, 11) is 0. The zero-order valence-electron chi connectivity index (χ0n) is 13.1. The molecular formula is C16H16ClF3N4. The Bertz CT molecular complexity index is 836. The van der Waals surface area contributed by atoms with Crippen LogP contribution in [0.5, 0.6) is 0 Å². The molecule has 3 aromatic rings. The number of nitrogens with zero attached hydrogens (tertiary/aromatic N) is 4. The summed E-state index contributed by atoms with van der Waals surface area (Å²) in [5.41, 5.74) is 0.760. The maximum atomic E-state index is 13.0. The molecule has 0 N–H and O–H groups in total. The van der Waals surface area contributed by atoms with Gasteiger partial charge in [-0.15, -0.1) is 12.4 Å². The highest BCUT2D eigenvalue weighted by molar-refractivity contribution is 5.85. The van der Waals surface area contributed by atoms with Gasteiger partial charge in [0.2, 0.25) is 0 Å². The van der Waals surface area contributed by atoms with Crippen molar-refractivity contribution in [2.75, 3.05) is 0 Å². The van der Waals surface area contributed by atoms with Crippen LogP contribution in [0.15, 0.2) is 43.1 Å². The molecule has 0 unspecified atom stereocenters. The van der Waals surface area contributed by atoms with Gasteiger partial charge in [0, 0.05) is 24.3 Å². The molecule has 2 aromatic heterocycles. The predicted molar refractivity (Wildman–Crippen MR) is 86.6 cm³/mol. The van der Waals surface area contributed by atoms with Crippen LogP contribution < -0.4 is 0 Å². The third-order valence-corrected chi connectivity index (χ3v) is 3.72. The van der Waals surface area contributed by atoms with Crippen LogP contribution in [-0.2, 0) is 12.7 Å². The van der Waals surface area contributed by atoms with E-state index >= 15 is 0 Å². The molecule has 0 aliphatic carbocycles. The van der Waals surface area contributed by atoms with Crippen LogP contribution in [0.2, 0.25) is 0 Å². The van der Waals surface area contributed by atoms with Gasteiger partial charge >= 0.3 is 6.18 Å². The Morgan fingerprint density at radius 1 is 1.12 bits per heavy atom. The van der Waals surface area contributed by atoms with Crippen LogP contribution in [0, 0.1) is 13.8 Å². The van der Waals surface area contributed by atoms with Gasteiger partial charge in [0.25, 0.3) is 0 Å². The third kappa shape index (κ3) is 3.62. The van der Waals surface area contributed by atoms with Crippen molar-refractivity contribution in [3.63, 3.8) is 0 Å². The highest BCUT2D eigenvalue weighted by atomic mass is 35.5. The molecule has 8 heteroatoms. The molecule has 0 aliphatic rings. The number of hydrogen-bond donors (Lipinski definition) is 0. The molecule has 4 nitrogen and oxygen atoms in total. The molecule has 3 rings (SSSR count). The summed E-state index contributed by atoms with van der Waals surface area (Å²) in [6.45, 7) is 3.86. The number of benzene rings is 1. The van der Waals surface area contributed by atoms with Crippen LogP contribution in [0.3, 0.4) is 0 Å². The molecule has 128 valence electrons. The minimum absolute atomic E-state index is 0. The fourth-order valence-electron chi connectivity index (χ4n) is 2.41. The number of halogens is 4. The standard InChI is InChI=1S/C16H15F3N4.ClH/c1-11-3-4-14(7-15(11)16(17,18)19)23-9-13(21-10-23)8-22-6-5-20-12(22)2;/h3-7,9-10H,8H2,1-2H3;1H. The summed E-state index contributed by atoms with van der Waals surface area (Å²) in [6, 6.07) is 4.26. The smallest absolute Gasteiger partial charge is 0.329 e. The number of imidazole rings is 2.